The maximum absolute atomic E-state index is 13.6. The van der Waals surface area contributed by atoms with Crippen LogP contribution in [0, 0.1) is 5.82 Å². The summed E-state index contributed by atoms with van der Waals surface area (Å²) < 4.78 is 21.6. The summed E-state index contributed by atoms with van der Waals surface area (Å²) in [5.41, 5.74) is 5.07. The van der Waals surface area contributed by atoms with E-state index in [0.717, 1.165) is 40.2 Å². The van der Waals surface area contributed by atoms with Crippen LogP contribution >= 0.6 is 0 Å². The number of hydrogen-bond donors (Lipinski definition) is 1. The molecule has 0 radical (unpaired) electrons. The van der Waals surface area contributed by atoms with Crippen molar-refractivity contribution in [3.63, 3.8) is 0 Å². The van der Waals surface area contributed by atoms with Gasteiger partial charge in [-0.1, -0.05) is 0 Å². The van der Waals surface area contributed by atoms with Crippen LogP contribution in [0.5, 0.6) is 0 Å². The van der Waals surface area contributed by atoms with E-state index in [1.807, 2.05) is 16.8 Å². The molecule has 2 aromatic heterocycles. The van der Waals surface area contributed by atoms with Crippen LogP contribution in [-0.4, -0.2) is 50.7 Å². The fourth-order valence-electron chi connectivity index (χ4n) is 4.90. The van der Waals surface area contributed by atoms with Gasteiger partial charge in [-0.3, -0.25) is 19.3 Å². The minimum absolute atomic E-state index is 0.0155. The lowest BCUT2D eigenvalue weighted by Gasteiger charge is -2.30. The normalized spacial score (nSPS) is 19.8. The van der Waals surface area contributed by atoms with E-state index < -0.39 is 0 Å². The first-order valence-corrected chi connectivity index (χ1v) is 11.8. The Kier molecular flexibility index (Phi) is 6.34. The highest BCUT2D eigenvalue weighted by molar-refractivity contribution is 5.83. The smallest absolute Gasteiger partial charge is 0.219 e. The average molecular weight is 478 g/mol. The quantitative estimate of drug-likeness (QED) is 0.622. The Balaban J connectivity index is 1.56. The lowest BCUT2D eigenvalue weighted by atomic mass is 9.95. The van der Waals surface area contributed by atoms with Crippen LogP contribution in [0.25, 0.3) is 22.4 Å². The van der Waals surface area contributed by atoms with Gasteiger partial charge in [0, 0.05) is 50.4 Å². The van der Waals surface area contributed by atoms with Gasteiger partial charge in [-0.05, 0) is 54.8 Å². The van der Waals surface area contributed by atoms with E-state index in [-0.39, 0.29) is 29.8 Å². The first-order valence-electron chi connectivity index (χ1n) is 11.8. The van der Waals surface area contributed by atoms with Crippen LogP contribution in [-0.2, 0) is 27.4 Å². The highest BCUT2D eigenvalue weighted by Crippen LogP contribution is 2.38. The molecule has 0 bridgehead atoms. The lowest BCUT2D eigenvalue weighted by molar-refractivity contribution is -0.130. The fourth-order valence-corrected chi connectivity index (χ4v) is 4.90. The Labute approximate surface area is 203 Å². The summed E-state index contributed by atoms with van der Waals surface area (Å²) in [7, 11) is 0. The number of carbonyl (C=O) groups excluding carboxylic acids is 2. The van der Waals surface area contributed by atoms with Gasteiger partial charge in [0.2, 0.25) is 11.8 Å². The van der Waals surface area contributed by atoms with Gasteiger partial charge in [-0.2, -0.15) is 5.10 Å². The Morgan fingerprint density at radius 2 is 1.91 bits per heavy atom. The molecule has 1 saturated heterocycles. The highest BCUT2D eigenvalue weighted by atomic mass is 19.1. The number of rotatable bonds is 4. The van der Waals surface area contributed by atoms with Crippen LogP contribution < -0.4 is 5.32 Å². The number of aromatic nitrogens is 3. The molecule has 5 rings (SSSR count). The Hall–Kier alpha value is -3.59. The molecule has 9 heteroatoms. The van der Waals surface area contributed by atoms with Gasteiger partial charge in [0.25, 0.3) is 0 Å². The summed E-state index contributed by atoms with van der Waals surface area (Å²) in [6.07, 6.45) is 2.92. The van der Waals surface area contributed by atoms with E-state index in [2.05, 4.69) is 10.3 Å². The van der Waals surface area contributed by atoms with Gasteiger partial charge in [-0.15, -0.1) is 0 Å². The minimum atomic E-state index is -0.309. The van der Waals surface area contributed by atoms with E-state index in [1.165, 1.54) is 19.1 Å². The van der Waals surface area contributed by atoms with E-state index in [4.69, 9.17) is 9.84 Å². The monoisotopic (exact) mass is 477 g/mol. The predicted molar refractivity (Wildman–Crippen MR) is 127 cm³/mol. The van der Waals surface area contributed by atoms with Crippen molar-refractivity contribution in [1.29, 1.82) is 0 Å². The second kappa shape index (κ2) is 9.58. The third-order valence-corrected chi connectivity index (χ3v) is 6.63. The van der Waals surface area contributed by atoms with Crippen molar-refractivity contribution in [2.75, 3.05) is 13.2 Å². The molecule has 2 atom stereocenters. The van der Waals surface area contributed by atoms with Crippen molar-refractivity contribution in [3.8, 4) is 22.4 Å². The number of fused-ring (bicyclic) bond motifs is 1. The summed E-state index contributed by atoms with van der Waals surface area (Å²) in [6.45, 7) is 5.26. The van der Waals surface area contributed by atoms with Gasteiger partial charge in [0.1, 0.15) is 17.6 Å². The largest absolute Gasteiger partial charge is 0.372 e. The van der Waals surface area contributed by atoms with Crippen LogP contribution in [0.15, 0.2) is 42.6 Å². The molecule has 2 unspecified atom stereocenters. The molecule has 35 heavy (non-hydrogen) atoms. The summed E-state index contributed by atoms with van der Waals surface area (Å²) in [5.74, 6) is -0.346. The fraction of sp³-hybridized carbons (Fsp3) is 0.385. The third kappa shape index (κ3) is 4.81. The first kappa shape index (κ1) is 23.2. The summed E-state index contributed by atoms with van der Waals surface area (Å²) in [4.78, 5) is 30.1. The number of benzene rings is 1. The Bertz CT molecular complexity index is 1260. The highest BCUT2D eigenvalue weighted by Gasteiger charge is 2.29. The van der Waals surface area contributed by atoms with E-state index in [9.17, 15) is 14.0 Å². The van der Waals surface area contributed by atoms with E-state index in [1.54, 1.807) is 30.2 Å². The first-order chi connectivity index (χ1) is 16.9. The van der Waals surface area contributed by atoms with Gasteiger partial charge >= 0.3 is 0 Å². The molecule has 0 spiro atoms. The molecule has 2 aliphatic rings. The maximum Gasteiger partial charge on any atom is 0.219 e. The zero-order valence-electron chi connectivity index (χ0n) is 19.8. The number of ether oxygens (including phenoxy) is 1. The van der Waals surface area contributed by atoms with Gasteiger partial charge in [0.15, 0.2) is 0 Å². The van der Waals surface area contributed by atoms with Crippen LogP contribution in [0.1, 0.15) is 44.2 Å². The van der Waals surface area contributed by atoms with Crippen molar-refractivity contribution in [3.05, 3.63) is 59.8 Å². The Morgan fingerprint density at radius 1 is 1.11 bits per heavy atom. The van der Waals surface area contributed by atoms with Gasteiger partial charge < -0.3 is 15.0 Å². The SMILES string of the molecule is CC(=O)NC1CCOC(c2cc(-c3c(-c4ccc(F)cc4)nn4c3CN(C(C)=O)CC4)ccn2)C1. The van der Waals surface area contributed by atoms with Crippen molar-refractivity contribution in [2.45, 2.75) is 51.9 Å². The molecule has 1 fully saturated rings. The molecule has 2 amide bonds. The number of hydrogen-bond acceptors (Lipinski definition) is 5. The predicted octanol–water partition coefficient (Wildman–Crippen LogP) is 3.47. The van der Waals surface area contributed by atoms with Gasteiger partial charge in [-0.25, -0.2) is 4.39 Å². The zero-order valence-corrected chi connectivity index (χ0v) is 19.8. The van der Waals surface area contributed by atoms with Crippen molar-refractivity contribution in [2.24, 2.45) is 0 Å². The summed E-state index contributed by atoms with van der Waals surface area (Å²) >= 11 is 0. The molecule has 1 aromatic carbocycles. The molecular weight excluding hydrogens is 449 g/mol. The molecule has 1 N–H and O–H groups in total. The topological polar surface area (TPSA) is 89.4 Å². The van der Waals surface area contributed by atoms with Crippen molar-refractivity contribution >= 4 is 11.8 Å². The second-order valence-electron chi connectivity index (χ2n) is 9.09. The number of halogens is 1. The van der Waals surface area contributed by atoms with E-state index >= 15 is 0 Å². The molecular formula is C26H28FN5O3. The number of pyridine rings is 1. The zero-order chi connectivity index (χ0) is 24.5. The maximum atomic E-state index is 13.6. The number of amides is 2. The standard InChI is InChI=1S/C26H28FN5O3/c1-16(33)29-21-8-12-35-24(14-21)22-13-19(7-9-28-22)25-23-15-31(17(2)34)10-11-32(23)30-26(25)18-3-5-20(27)6-4-18/h3-7,9,13,21,24H,8,10-12,14-15H2,1-2H3,(H,29,33). The molecule has 3 aromatic rings. The van der Waals surface area contributed by atoms with E-state index in [0.29, 0.717) is 32.7 Å². The molecule has 0 saturated carbocycles. The van der Waals surface area contributed by atoms with Crippen molar-refractivity contribution < 1.29 is 18.7 Å². The molecule has 0 aliphatic carbocycles. The number of carbonyl (C=O) groups is 2. The minimum Gasteiger partial charge on any atom is -0.372 e. The van der Waals surface area contributed by atoms with Crippen LogP contribution in [0.3, 0.4) is 0 Å². The molecule has 4 heterocycles. The summed E-state index contributed by atoms with van der Waals surface area (Å²) in [6, 6.07) is 10.3. The number of nitrogens with zero attached hydrogens (tertiary/aromatic N) is 4. The van der Waals surface area contributed by atoms with Crippen LogP contribution in [0.4, 0.5) is 4.39 Å². The lowest BCUT2D eigenvalue weighted by Crippen LogP contribution is -2.38. The van der Waals surface area contributed by atoms with Crippen molar-refractivity contribution in [1.82, 2.24) is 25.0 Å². The summed E-state index contributed by atoms with van der Waals surface area (Å²) in [5, 5.41) is 7.85. The molecule has 182 valence electrons. The molecule has 8 nitrogen and oxygen atoms in total. The average Bonchev–Trinajstić information content (AvgIpc) is 3.23. The second-order valence-corrected chi connectivity index (χ2v) is 9.09. The Morgan fingerprint density at radius 3 is 2.66 bits per heavy atom. The van der Waals surface area contributed by atoms with Crippen LogP contribution in [0.2, 0.25) is 0 Å². The third-order valence-electron chi connectivity index (χ3n) is 6.63. The molecule has 2 aliphatic heterocycles. The number of nitrogens with one attached hydrogen (secondary N) is 1. The van der Waals surface area contributed by atoms with Gasteiger partial charge in [0.05, 0.1) is 24.5 Å².